The van der Waals surface area contributed by atoms with Gasteiger partial charge in [0.15, 0.2) is 0 Å². The largest absolute Gasteiger partial charge is 0.328 e. The quantitative estimate of drug-likeness (QED) is 0.640. The van der Waals surface area contributed by atoms with Crippen LogP contribution in [0.4, 0.5) is 0 Å². The molecule has 0 aromatic carbocycles. The summed E-state index contributed by atoms with van der Waals surface area (Å²) in [6.45, 7) is 10.0. The molecular weight excluding hydrogens is 154 g/mol. The van der Waals surface area contributed by atoms with Gasteiger partial charge in [0.25, 0.3) is 0 Å². The van der Waals surface area contributed by atoms with Gasteiger partial charge in [0, 0.05) is 6.04 Å². The van der Waals surface area contributed by atoms with Gasteiger partial charge >= 0.3 is 0 Å². The van der Waals surface area contributed by atoms with Gasteiger partial charge in [0.05, 0.1) is 0 Å². The molecule has 1 unspecified atom stereocenters. The standard InChI is InChI=1S/C5H13NS.2C2H6/c1-5(6)3-2-4-7;2*1-2/h5,7H,2-4,6H2,1H3;2*1-2H3. The average Bonchev–Trinajstić information content (AvgIpc) is 2.08. The fourth-order valence-corrected chi connectivity index (χ4v) is 0.596. The summed E-state index contributed by atoms with van der Waals surface area (Å²) in [6.07, 6.45) is 2.24. The molecule has 0 aromatic rings. The van der Waals surface area contributed by atoms with Crippen LogP contribution >= 0.6 is 12.6 Å². The molecule has 1 nitrogen and oxygen atoms in total. The Morgan fingerprint density at radius 2 is 1.55 bits per heavy atom. The first-order chi connectivity index (χ1) is 5.27. The van der Waals surface area contributed by atoms with Crippen molar-refractivity contribution in [2.45, 2.75) is 53.5 Å². The topological polar surface area (TPSA) is 26.0 Å². The summed E-state index contributed by atoms with van der Waals surface area (Å²) in [5.74, 6) is 0.960. The molecule has 0 aliphatic rings. The number of rotatable bonds is 3. The first-order valence-electron chi connectivity index (χ1n) is 4.64. The summed E-state index contributed by atoms with van der Waals surface area (Å²) < 4.78 is 0. The Morgan fingerprint density at radius 1 is 1.18 bits per heavy atom. The molecule has 0 radical (unpaired) electrons. The Bertz CT molecular complexity index is 38.5. The molecular formula is C9H25NS. The Balaban J connectivity index is -0.000000138. The van der Waals surface area contributed by atoms with E-state index in [0.717, 1.165) is 18.6 Å². The number of hydrogen-bond acceptors (Lipinski definition) is 2. The van der Waals surface area contributed by atoms with Gasteiger partial charge in [-0.3, -0.25) is 0 Å². The highest BCUT2D eigenvalue weighted by Crippen LogP contribution is 1.93. The van der Waals surface area contributed by atoms with Crippen molar-refractivity contribution in [3.8, 4) is 0 Å². The third kappa shape index (κ3) is 38.3. The van der Waals surface area contributed by atoms with Crippen molar-refractivity contribution >= 4 is 12.6 Å². The summed E-state index contributed by atoms with van der Waals surface area (Å²) in [7, 11) is 0. The van der Waals surface area contributed by atoms with Crippen LogP contribution in [-0.2, 0) is 0 Å². The van der Waals surface area contributed by atoms with E-state index < -0.39 is 0 Å². The molecule has 0 rings (SSSR count). The highest BCUT2D eigenvalue weighted by Gasteiger charge is 1.89. The van der Waals surface area contributed by atoms with Gasteiger partial charge in [-0.05, 0) is 25.5 Å². The Labute approximate surface area is 78.2 Å². The highest BCUT2D eigenvalue weighted by molar-refractivity contribution is 7.80. The Kier molecular flexibility index (Phi) is 35.5. The fourth-order valence-electron chi connectivity index (χ4n) is 0.413. The van der Waals surface area contributed by atoms with Crippen LogP contribution in [0.3, 0.4) is 0 Å². The maximum atomic E-state index is 5.44. The lowest BCUT2D eigenvalue weighted by molar-refractivity contribution is 0.657. The minimum Gasteiger partial charge on any atom is -0.328 e. The number of hydrogen-bond donors (Lipinski definition) is 2. The molecule has 72 valence electrons. The highest BCUT2D eigenvalue weighted by atomic mass is 32.1. The predicted molar refractivity (Wildman–Crippen MR) is 59.4 cm³/mol. The van der Waals surface area contributed by atoms with Gasteiger partial charge < -0.3 is 5.73 Å². The van der Waals surface area contributed by atoms with Crippen LogP contribution in [0.25, 0.3) is 0 Å². The van der Waals surface area contributed by atoms with Crippen molar-refractivity contribution in [1.29, 1.82) is 0 Å². The van der Waals surface area contributed by atoms with Crippen molar-refractivity contribution in [3.63, 3.8) is 0 Å². The Hall–Kier alpha value is 0.310. The first kappa shape index (κ1) is 17.4. The summed E-state index contributed by atoms with van der Waals surface area (Å²) in [5, 5.41) is 0. The van der Waals surface area contributed by atoms with Gasteiger partial charge in [0.1, 0.15) is 0 Å². The molecule has 0 bridgehead atoms. The summed E-state index contributed by atoms with van der Waals surface area (Å²) in [4.78, 5) is 0. The second-order valence-electron chi connectivity index (χ2n) is 1.84. The van der Waals surface area contributed by atoms with Crippen molar-refractivity contribution in [2.75, 3.05) is 5.75 Å². The van der Waals surface area contributed by atoms with E-state index in [9.17, 15) is 0 Å². The smallest absolute Gasteiger partial charge is 0.00107 e. The monoisotopic (exact) mass is 179 g/mol. The van der Waals surface area contributed by atoms with E-state index in [4.69, 9.17) is 5.73 Å². The molecule has 0 aromatic heterocycles. The van der Waals surface area contributed by atoms with Crippen LogP contribution in [0.5, 0.6) is 0 Å². The van der Waals surface area contributed by atoms with Crippen molar-refractivity contribution in [3.05, 3.63) is 0 Å². The lowest BCUT2D eigenvalue weighted by Gasteiger charge is -1.99. The van der Waals surface area contributed by atoms with E-state index in [1.165, 1.54) is 0 Å². The van der Waals surface area contributed by atoms with E-state index in [2.05, 4.69) is 12.6 Å². The van der Waals surface area contributed by atoms with Crippen LogP contribution in [0.15, 0.2) is 0 Å². The minimum absolute atomic E-state index is 0.354. The average molecular weight is 179 g/mol. The molecule has 2 N–H and O–H groups in total. The molecule has 0 aliphatic heterocycles. The molecule has 0 saturated carbocycles. The van der Waals surface area contributed by atoms with Gasteiger partial charge in [-0.25, -0.2) is 0 Å². The second kappa shape index (κ2) is 22.4. The SMILES string of the molecule is CC.CC.CC(N)CCCS. The van der Waals surface area contributed by atoms with Crippen LogP contribution in [0.2, 0.25) is 0 Å². The zero-order valence-electron chi connectivity index (χ0n) is 8.72. The molecule has 1 atom stereocenters. The maximum absolute atomic E-state index is 5.44. The van der Waals surface area contributed by atoms with Gasteiger partial charge in [-0.15, -0.1) is 0 Å². The Morgan fingerprint density at radius 3 is 1.64 bits per heavy atom. The summed E-state index contributed by atoms with van der Waals surface area (Å²) in [6, 6.07) is 0.354. The maximum Gasteiger partial charge on any atom is 0.00107 e. The molecule has 2 heteroatoms. The van der Waals surface area contributed by atoms with E-state index in [-0.39, 0.29) is 0 Å². The molecule has 0 amide bonds. The van der Waals surface area contributed by atoms with E-state index in [0.29, 0.717) is 6.04 Å². The van der Waals surface area contributed by atoms with Crippen LogP contribution in [0, 0.1) is 0 Å². The second-order valence-corrected chi connectivity index (χ2v) is 2.29. The summed E-state index contributed by atoms with van der Waals surface area (Å²) in [5.41, 5.74) is 5.44. The predicted octanol–water partition coefficient (Wildman–Crippen LogP) is 3.10. The third-order valence-corrected chi connectivity index (χ3v) is 1.13. The van der Waals surface area contributed by atoms with Gasteiger partial charge in [-0.1, -0.05) is 27.7 Å². The van der Waals surface area contributed by atoms with Crippen LogP contribution in [-0.4, -0.2) is 11.8 Å². The minimum atomic E-state index is 0.354. The van der Waals surface area contributed by atoms with Crippen LogP contribution in [0.1, 0.15) is 47.5 Å². The molecule has 0 aliphatic carbocycles. The number of thiol groups is 1. The zero-order chi connectivity index (χ0) is 9.70. The molecule has 0 saturated heterocycles. The van der Waals surface area contributed by atoms with Crippen molar-refractivity contribution < 1.29 is 0 Å². The molecule has 0 fully saturated rings. The fraction of sp³-hybridized carbons (Fsp3) is 1.00. The lowest BCUT2D eigenvalue weighted by atomic mass is 10.2. The third-order valence-electron chi connectivity index (χ3n) is 0.818. The van der Waals surface area contributed by atoms with Gasteiger partial charge in [0.2, 0.25) is 0 Å². The van der Waals surface area contributed by atoms with Crippen molar-refractivity contribution in [1.82, 2.24) is 0 Å². The van der Waals surface area contributed by atoms with E-state index in [1.807, 2.05) is 34.6 Å². The normalized spacial score (nSPS) is 10.1. The molecule has 0 spiro atoms. The first-order valence-corrected chi connectivity index (χ1v) is 5.27. The number of nitrogens with two attached hydrogens (primary N) is 1. The van der Waals surface area contributed by atoms with E-state index in [1.54, 1.807) is 0 Å². The summed E-state index contributed by atoms with van der Waals surface area (Å²) >= 11 is 4.04. The van der Waals surface area contributed by atoms with Crippen molar-refractivity contribution in [2.24, 2.45) is 5.73 Å². The van der Waals surface area contributed by atoms with E-state index >= 15 is 0 Å². The molecule has 11 heavy (non-hydrogen) atoms. The van der Waals surface area contributed by atoms with Gasteiger partial charge in [-0.2, -0.15) is 12.6 Å². The zero-order valence-corrected chi connectivity index (χ0v) is 9.62. The molecule has 0 heterocycles. The van der Waals surface area contributed by atoms with Crippen LogP contribution < -0.4 is 5.73 Å². The lowest BCUT2D eigenvalue weighted by Crippen LogP contribution is -2.14.